The number of amides is 1. The molecule has 1 heterocycles. The van der Waals surface area contributed by atoms with Gasteiger partial charge < -0.3 is 10.6 Å². The maximum Gasteiger partial charge on any atom is 0.233 e. The van der Waals surface area contributed by atoms with Crippen molar-refractivity contribution in [1.82, 2.24) is 4.90 Å². The molecule has 1 aliphatic carbocycles. The topological polar surface area (TPSA) is 46.3 Å². The highest BCUT2D eigenvalue weighted by Gasteiger charge is 2.53. The van der Waals surface area contributed by atoms with E-state index in [4.69, 9.17) is 17.3 Å². The number of carbonyl (C=O) groups excluding carboxylic acids is 1. The molecule has 2 aliphatic rings. The molecule has 1 spiro atoms. The molecule has 1 fully saturated rings. The second-order valence-corrected chi connectivity index (χ2v) is 6.47. The van der Waals surface area contributed by atoms with Crippen molar-refractivity contribution >= 4 is 17.5 Å². The number of hydrogen-bond acceptors (Lipinski definition) is 2. The van der Waals surface area contributed by atoms with Crippen molar-refractivity contribution in [2.75, 3.05) is 13.1 Å². The first kappa shape index (κ1) is 13.9. The number of rotatable bonds is 2. The summed E-state index contributed by atoms with van der Waals surface area (Å²) in [4.78, 5) is 15.0. The van der Waals surface area contributed by atoms with Crippen molar-refractivity contribution in [1.29, 1.82) is 0 Å². The molecule has 3 rings (SSSR count). The number of carbonyl (C=O) groups is 1. The van der Waals surface area contributed by atoms with Crippen LogP contribution in [0.3, 0.4) is 0 Å². The third-order valence-electron chi connectivity index (χ3n) is 4.68. The van der Waals surface area contributed by atoms with Crippen LogP contribution in [0.15, 0.2) is 18.2 Å². The lowest BCUT2D eigenvalue weighted by Gasteiger charge is -2.47. The fourth-order valence-electron chi connectivity index (χ4n) is 3.74. The molecular formula is C16H21ClN2O. The van der Waals surface area contributed by atoms with Crippen LogP contribution in [0.4, 0.5) is 0 Å². The van der Waals surface area contributed by atoms with Crippen LogP contribution in [-0.2, 0) is 16.6 Å². The van der Waals surface area contributed by atoms with Crippen LogP contribution in [0.2, 0.25) is 5.02 Å². The van der Waals surface area contributed by atoms with Crippen molar-refractivity contribution in [2.24, 2.45) is 5.73 Å². The molecule has 0 aromatic heterocycles. The predicted octanol–water partition coefficient (Wildman–Crippen LogP) is 2.49. The Morgan fingerprint density at radius 3 is 2.85 bits per heavy atom. The van der Waals surface area contributed by atoms with Crippen molar-refractivity contribution < 1.29 is 4.79 Å². The van der Waals surface area contributed by atoms with Crippen LogP contribution in [0.1, 0.15) is 37.3 Å². The molecule has 1 saturated carbocycles. The standard InChI is InChI=1S/C16H21ClN2O/c1-2-7-19-8-6-12-13(4-3-5-14(12)17)16(15(19)20)9-11(18)10-16/h3-5,11H,2,6-10,18H2,1H3. The van der Waals surface area contributed by atoms with Gasteiger partial charge in [-0.3, -0.25) is 4.79 Å². The Bertz CT molecular complexity index is 537. The van der Waals surface area contributed by atoms with Crippen molar-refractivity contribution in [3.05, 3.63) is 34.3 Å². The molecule has 4 heteroatoms. The number of halogens is 1. The van der Waals surface area contributed by atoms with E-state index in [1.54, 1.807) is 0 Å². The van der Waals surface area contributed by atoms with Crippen LogP contribution in [0, 0.1) is 0 Å². The summed E-state index contributed by atoms with van der Waals surface area (Å²) in [5.41, 5.74) is 7.86. The maximum absolute atomic E-state index is 13.0. The van der Waals surface area contributed by atoms with Crippen LogP contribution in [-0.4, -0.2) is 29.9 Å². The van der Waals surface area contributed by atoms with Gasteiger partial charge in [0, 0.05) is 24.2 Å². The van der Waals surface area contributed by atoms with Gasteiger partial charge in [0.2, 0.25) is 5.91 Å². The van der Waals surface area contributed by atoms with Gasteiger partial charge >= 0.3 is 0 Å². The molecule has 1 aromatic rings. The van der Waals surface area contributed by atoms with Gasteiger partial charge in [0.15, 0.2) is 0 Å². The monoisotopic (exact) mass is 292 g/mol. The second kappa shape index (κ2) is 5.05. The summed E-state index contributed by atoms with van der Waals surface area (Å²) in [5, 5.41) is 0.786. The molecule has 20 heavy (non-hydrogen) atoms. The van der Waals surface area contributed by atoms with Crippen molar-refractivity contribution in [3.8, 4) is 0 Å². The SMILES string of the molecule is CCCN1CCc2c(Cl)cccc2C2(CC(N)C2)C1=O. The molecule has 0 unspecified atom stereocenters. The molecule has 0 radical (unpaired) electrons. The van der Waals surface area contributed by atoms with Gasteiger partial charge in [-0.25, -0.2) is 0 Å². The van der Waals surface area contributed by atoms with Gasteiger partial charge in [-0.2, -0.15) is 0 Å². The molecule has 3 nitrogen and oxygen atoms in total. The number of hydrogen-bond donors (Lipinski definition) is 1. The third-order valence-corrected chi connectivity index (χ3v) is 5.03. The molecule has 0 bridgehead atoms. The zero-order valence-corrected chi connectivity index (χ0v) is 12.6. The Balaban J connectivity index is 2.08. The smallest absolute Gasteiger partial charge is 0.233 e. The Kier molecular flexibility index (Phi) is 3.51. The van der Waals surface area contributed by atoms with E-state index in [-0.39, 0.29) is 11.9 Å². The summed E-state index contributed by atoms with van der Waals surface area (Å²) < 4.78 is 0. The molecular weight excluding hydrogens is 272 g/mol. The Morgan fingerprint density at radius 1 is 1.45 bits per heavy atom. The highest BCUT2D eigenvalue weighted by Crippen LogP contribution is 2.48. The number of benzene rings is 1. The van der Waals surface area contributed by atoms with E-state index in [9.17, 15) is 4.79 Å². The summed E-state index contributed by atoms with van der Waals surface area (Å²) in [6, 6.07) is 6.08. The van der Waals surface area contributed by atoms with Crippen LogP contribution >= 0.6 is 11.6 Å². The Hall–Kier alpha value is -1.06. The van der Waals surface area contributed by atoms with E-state index >= 15 is 0 Å². The van der Waals surface area contributed by atoms with Gasteiger partial charge in [-0.1, -0.05) is 30.7 Å². The Morgan fingerprint density at radius 2 is 2.20 bits per heavy atom. The lowest BCUT2D eigenvalue weighted by molar-refractivity contribution is -0.141. The minimum Gasteiger partial charge on any atom is -0.342 e. The van der Waals surface area contributed by atoms with Crippen LogP contribution < -0.4 is 5.73 Å². The molecule has 1 aromatic carbocycles. The van der Waals surface area contributed by atoms with Gasteiger partial charge in [-0.15, -0.1) is 0 Å². The molecule has 2 N–H and O–H groups in total. The van der Waals surface area contributed by atoms with E-state index in [2.05, 4.69) is 13.0 Å². The van der Waals surface area contributed by atoms with E-state index in [0.717, 1.165) is 54.9 Å². The molecule has 108 valence electrons. The highest BCUT2D eigenvalue weighted by atomic mass is 35.5. The number of nitrogens with zero attached hydrogens (tertiary/aromatic N) is 1. The number of fused-ring (bicyclic) bond motifs is 2. The fraction of sp³-hybridized carbons (Fsp3) is 0.562. The average molecular weight is 293 g/mol. The normalized spacial score (nSPS) is 29.1. The minimum absolute atomic E-state index is 0.132. The third kappa shape index (κ3) is 1.95. The van der Waals surface area contributed by atoms with Gasteiger partial charge in [0.05, 0.1) is 5.41 Å². The average Bonchev–Trinajstić information content (AvgIpc) is 2.50. The van der Waals surface area contributed by atoms with Crippen LogP contribution in [0.25, 0.3) is 0 Å². The highest BCUT2D eigenvalue weighted by molar-refractivity contribution is 6.31. The summed E-state index contributed by atoms with van der Waals surface area (Å²) in [6.07, 6.45) is 3.33. The number of nitrogens with two attached hydrogens (primary N) is 1. The molecule has 0 atom stereocenters. The summed E-state index contributed by atoms with van der Waals surface area (Å²) in [6.45, 7) is 3.69. The van der Waals surface area contributed by atoms with Crippen molar-refractivity contribution in [3.63, 3.8) is 0 Å². The van der Waals surface area contributed by atoms with E-state index < -0.39 is 5.41 Å². The van der Waals surface area contributed by atoms with Gasteiger partial charge in [-0.05, 0) is 42.9 Å². The fourth-order valence-corrected chi connectivity index (χ4v) is 4.01. The minimum atomic E-state index is -0.411. The zero-order valence-electron chi connectivity index (χ0n) is 11.9. The first-order chi connectivity index (χ1) is 9.58. The molecule has 0 saturated heterocycles. The lowest BCUT2D eigenvalue weighted by Crippen LogP contribution is -2.58. The molecule has 1 aliphatic heterocycles. The van der Waals surface area contributed by atoms with Gasteiger partial charge in [0.1, 0.15) is 0 Å². The van der Waals surface area contributed by atoms with Crippen LogP contribution in [0.5, 0.6) is 0 Å². The molecule has 1 amide bonds. The lowest BCUT2D eigenvalue weighted by atomic mass is 9.60. The first-order valence-corrected chi connectivity index (χ1v) is 7.79. The van der Waals surface area contributed by atoms with E-state index in [1.807, 2.05) is 17.0 Å². The second-order valence-electron chi connectivity index (χ2n) is 6.06. The van der Waals surface area contributed by atoms with Gasteiger partial charge in [0.25, 0.3) is 0 Å². The largest absolute Gasteiger partial charge is 0.342 e. The van der Waals surface area contributed by atoms with E-state index in [0.29, 0.717) is 0 Å². The quantitative estimate of drug-likeness (QED) is 0.910. The Labute approximate surface area is 125 Å². The summed E-state index contributed by atoms with van der Waals surface area (Å²) in [5.74, 6) is 0.252. The predicted molar refractivity (Wildman–Crippen MR) is 80.9 cm³/mol. The zero-order chi connectivity index (χ0) is 14.3. The van der Waals surface area contributed by atoms with Crippen molar-refractivity contribution in [2.45, 2.75) is 44.1 Å². The summed E-state index contributed by atoms with van der Waals surface area (Å²) >= 11 is 6.37. The first-order valence-electron chi connectivity index (χ1n) is 7.41. The summed E-state index contributed by atoms with van der Waals surface area (Å²) in [7, 11) is 0. The van der Waals surface area contributed by atoms with E-state index in [1.165, 1.54) is 0 Å². The maximum atomic E-state index is 13.0.